The molecule has 36 heavy (non-hydrogen) atoms. The zero-order valence-corrected chi connectivity index (χ0v) is 21.6. The van der Waals surface area contributed by atoms with Crippen LogP contribution in [-0.4, -0.2) is 61.4 Å². The molecule has 0 unspecified atom stereocenters. The molecule has 3 aromatic carbocycles. The van der Waals surface area contributed by atoms with E-state index in [-0.39, 0.29) is 18.4 Å². The normalized spacial score (nSPS) is 13.4. The predicted octanol–water partition coefficient (Wildman–Crippen LogP) is 5.50. The van der Waals surface area contributed by atoms with Gasteiger partial charge in [0.1, 0.15) is 12.3 Å². The number of ether oxygens (including phenoxy) is 1. The number of halogens is 1. The first kappa shape index (κ1) is 25.7. The van der Waals surface area contributed by atoms with Gasteiger partial charge < -0.3 is 19.9 Å². The molecule has 0 radical (unpaired) electrons. The second-order valence-corrected chi connectivity index (χ2v) is 9.58. The number of hydrogen-bond donors (Lipinski definition) is 1. The fourth-order valence-electron chi connectivity index (χ4n) is 4.47. The molecule has 1 aliphatic heterocycles. The monoisotopic (exact) mass is 505 g/mol. The average Bonchev–Trinajstić information content (AvgIpc) is 3.39. The lowest BCUT2D eigenvalue weighted by Gasteiger charge is -2.25. The van der Waals surface area contributed by atoms with Crippen LogP contribution in [0.15, 0.2) is 66.7 Å². The number of nitrogens with zero attached hydrogens (tertiary/aromatic N) is 2. The van der Waals surface area contributed by atoms with Crippen LogP contribution in [0.3, 0.4) is 0 Å². The molecule has 0 saturated carbocycles. The van der Waals surface area contributed by atoms with E-state index in [1.54, 1.807) is 18.1 Å². The van der Waals surface area contributed by atoms with Gasteiger partial charge in [-0.05, 0) is 92.0 Å². The number of aryl methyl sites for hydroxylation is 1. The van der Waals surface area contributed by atoms with Crippen molar-refractivity contribution in [3.05, 3.63) is 82.9 Å². The summed E-state index contributed by atoms with van der Waals surface area (Å²) in [6.45, 7) is 5.20. The SMILES string of the molecule is COc1ccc(-c2ccc(C(=O)N(CCN3CCCC3)CC(=O)Nc3cc(C)cc(Cl)c3)cc2)cc1. The average molecular weight is 506 g/mol. The topological polar surface area (TPSA) is 61.9 Å². The van der Waals surface area contributed by atoms with Crippen LogP contribution < -0.4 is 10.1 Å². The van der Waals surface area contributed by atoms with Crippen LogP contribution in [0.2, 0.25) is 5.02 Å². The van der Waals surface area contributed by atoms with Crippen LogP contribution in [0, 0.1) is 6.92 Å². The second-order valence-electron chi connectivity index (χ2n) is 9.15. The molecular formula is C29H32ClN3O3. The molecule has 1 saturated heterocycles. The van der Waals surface area contributed by atoms with E-state index < -0.39 is 0 Å². The van der Waals surface area contributed by atoms with E-state index in [0.29, 0.717) is 22.8 Å². The Morgan fingerprint density at radius 1 is 0.972 bits per heavy atom. The zero-order chi connectivity index (χ0) is 25.5. The number of anilines is 1. The van der Waals surface area contributed by atoms with Crippen molar-refractivity contribution < 1.29 is 14.3 Å². The van der Waals surface area contributed by atoms with Gasteiger partial charge in [-0.1, -0.05) is 35.9 Å². The smallest absolute Gasteiger partial charge is 0.254 e. The zero-order valence-electron chi connectivity index (χ0n) is 20.8. The number of amides is 2. The molecule has 1 fully saturated rings. The lowest BCUT2D eigenvalue weighted by molar-refractivity contribution is -0.116. The maximum atomic E-state index is 13.5. The number of carbonyl (C=O) groups excluding carboxylic acids is 2. The fraction of sp³-hybridized carbons (Fsp3) is 0.310. The van der Waals surface area contributed by atoms with E-state index >= 15 is 0 Å². The summed E-state index contributed by atoms with van der Waals surface area (Å²) in [6, 6.07) is 20.7. The Kier molecular flexibility index (Phi) is 8.62. The van der Waals surface area contributed by atoms with Crippen LogP contribution in [0.4, 0.5) is 5.69 Å². The molecule has 4 rings (SSSR count). The maximum Gasteiger partial charge on any atom is 0.254 e. The number of nitrogens with one attached hydrogen (secondary N) is 1. The minimum Gasteiger partial charge on any atom is -0.497 e. The van der Waals surface area contributed by atoms with E-state index in [1.165, 1.54) is 12.8 Å². The van der Waals surface area contributed by atoms with Crippen molar-refractivity contribution in [1.82, 2.24) is 9.80 Å². The molecule has 188 valence electrons. The number of rotatable bonds is 9. The molecule has 0 aromatic heterocycles. The van der Waals surface area contributed by atoms with Gasteiger partial charge in [0, 0.05) is 29.4 Å². The standard InChI is InChI=1S/C29H32ClN3O3/c1-21-17-25(30)19-26(18-21)31-28(34)20-33(16-15-32-13-3-4-14-32)29(35)24-7-5-22(6-8-24)23-9-11-27(36-2)12-10-23/h5-12,17-19H,3-4,13-16,20H2,1-2H3,(H,31,34). The van der Waals surface area contributed by atoms with Gasteiger partial charge in [-0.3, -0.25) is 9.59 Å². The predicted molar refractivity (Wildman–Crippen MR) is 145 cm³/mol. The molecule has 0 atom stereocenters. The summed E-state index contributed by atoms with van der Waals surface area (Å²) >= 11 is 6.14. The maximum absolute atomic E-state index is 13.5. The summed E-state index contributed by atoms with van der Waals surface area (Å²) in [5.41, 5.74) is 4.18. The van der Waals surface area contributed by atoms with Crippen LogP contribution >= 0.6 is 11.6 Å². The number of benzene rings is 3. The van der Waals surface area contributed by atoms with Gasteiger partial charge >= 0.3 is 0 Å². The molecule has 0 spiro atoms. The van der Waals surface area contributed by atoms with Crippen LogP contribution in [0.25, 0.3) is 11.1 Å². The third-order valence-corrected chi connectivity index (χ3v) is 6.61. The van der Waals surface area contributed by atoms with Gasteiger partial charge in [0.05, 0.1) is 7.11 Å². The molecule has 3 aromatic rings. The van der Waals surface area contributed by atoms with Gasteiger partial charge in [-0.15, -0.1) is 0 Å². The van der Waals surface area contributed by atoms with Crippen LogP contribution in [0.1, 0.15) is 28.8 Å². The summed E-state index contributed by atoms with van der Waals surface area (Å²) in [6.07, 6.45) is 2.35. The van der Waals surface area contributed by atoms with Gasteiger partial charge in [0.25, 0.3) is 5.91 Å². The Balaban J connectivity index is 1.47. The van der Waals surface area contributed by atoms with Crippen LogP contribution in [-0.2, 0) is 4.79 Å². The van der Waals surface area contributed by atoms with Crippen molar-refractivity contribution >= 4 is 29.1 Å². The number of hydrogen-bond acceptors (Lipinski definition) is 4. The molecule has 0 aliphatic carbocycles. The molecule has 2 amide bonds. The second kappa shape index (κ2) is 12.1. The van der Waals surface area contributed by atoms with E-state index in [1.807, 2.05) is 67.6 Å². The Bertz CT molecular complexity index is 1170. The third-order valence-electron chi connectivity index (χ3n) is 6.39. The van der Waals surface area contributed by atoms with E-state index in [2.05, 4.69) is 10.2 Å². The molecule has 6 nitrogen and oxygen atoms in total. The number of likely N-dealkylation sites (tertiary alicyclic amines) is 1. The molecule has 7 heteroatoms. The van der Waals surface area contributed by atoms with Crippen molar-refractivity contribution in [1.29, 1.82) is 0 Å². The quantitative estimate of drug-likeness (QED) is 0.417. The lowest BCUT2D eigenvalue weighted by atomic mass is 10.0. The van der Waals surface area contributed by atoms with Gasteiger partial charge in [-0.25, -0.2) is 0 Å². The number of methoxy groups -OCH3 is 1. The van der Waals surface area contributed by atoms with Crippen molar-refractivity contribution in [3.8, 4) is 16.9 Å². The van der Waals surface area contributed by atoms with E-state index in [9.17, 15) is 9.59 Å². The van der Waals surface area contributed by atoms with E-state index in [0.717, 1.165) is 42.1 Å². The Morgan fingerprint density at radius 3 is 2.22 bits per heavy atom. The minimum absolute atomic E-state index is 0.0293. The summed E-state index contributed by atoms with van der Waals surface area (Å²) in [7, 11) is 1.64. The lowest BCUT2D eigenvalue weighted by Crippen LogP contribution is -2.42. The van der Waals surface area contributed by atoms with E-state index in [4.69, 9.17) is 16.3 Å². The first-order chi connectivity index (χ1) is 17.4. The third kappa shape index (κ3) is 6.86. The Morgan fingerprint density at radius 2 is 1.61 bits per heavy atom. The van der Waals surface area contributed by atoms with Crippen molar-refractivity contribution in [2.45, 2.75) is 19.8 Å². The molecular weight excluding hydrogens is 474 g/mol. The van der Waals surface area contributed by atoms with Crippen molar-refractivity contribution in [3.63, 3.8) is 0 Å². The Hall–Kier alpha value is -3.35. The Labute approximate surface area is 217 Å². The van der Waals surface area contributed by atoms with Gasteiger partial charge in [0.15, 0.2) is 0 Å². The number of carbonyl (C=O) groups is 2. The van der Waals surface area contributed by atoms with Gasteiger partial charge in [-0.2, -0.15) is 0 Å². The highest BCUT2D eigenvalue weighted by Crippen LogP contribution is 2.23. The van der Waals surface area contributed by atoms with Crippen molar-refractivity contribution in [2.24, 2.45) is 0 Å². The largest absolute Gasteiger partial charge is 0.497 e. The molecule has 1 aliphatic rings. The molecule has 0 bridgehead atoms. The first-order valence-electron chi connectivity index (χ1n) is 12.2. The highest BCUT2D eigenvalue weighted by molar-refractivity contribution is 6.31. The fourth-order valence-corrected chi connectivity index (χ4v) is 4.76. The van der Waals surface area contributed by atoms with Crippen LogP contribution in [0.5, 0.6) is 5.75 Å². The van der Waals surface area contributed by atoms with Gasteiger partial charge in [0.2, 0.25) is 5.91 Å². The summed E-state index contributed by atoms with van der Waals surface area (Å²) in [4.78, 5) is 30.3. The highest BCUT2D eigenvalue weighted by atomic mass is 35.5. The molecule has 1 heterocycles. The molecule has 1 N–H and O–H groups in total. The summed E-state index contributed by atoms with van der Waals surface area (Å²) in [5, 5.41) is 3.45. The van der Waals surface area contributed by atoms with Crippen molar-refractivity contribution in [2.75, 3.05) is 45.2 Å². The summed E-state index contributed by atoms with van der Waals surface area (Å²) < 4.78 is 5.23. The first-order valence-corrected chi connectivity index (χ1v) is 12.6. The highest BCUT2D eigenvalue weighted by Gasteiger charge is 2.21. The minimum atomic E-state index is -0.249. The summed E-state index contributed by atoms with van der Waals surface area (Å²) in [5.74, 6) is 0.389.